The van der Waals surface area contributed by atoms with E-state index in [0.29, 0.717) is 96.1 Å². The van der Waals surface area contributed by atoms with Crippen LogP contribution in [-0.4, -0.2) is 126 Å². The number of fused-ring (bicyclic) bond motifs is 1. The number of carbonyl (C=O) groups excluding carboxylic acids is 2. The summed E-state index contributed by atoms with van der Waals surface area (Å²) in [6.45, 7) is 11.3. The van der Waals surface area contributed by atoms with E-state index in [1.165, 1.54) is 0 Å². The lowest BCUT2D eigenvalue weighted by Gasteiger charge is -2.35. The van der Waals surface area contributed by atoms with Crippen LogP contribution >= 0.6 is 0 Å². The normalized spacial score (nSPS) is 15.4. The molecule has 0 bridgehead atoms. The lowest BCUT2D eigenvalue weighted by Crippen LogP contribution is -2.51. The van der Waals surface area contributed by atoms with Crippen molar-refractivity contribution in [2.24, 2.45) is 0 Å². The number of nitrogens with zero attached hydrogens (tertiary/aromatic N) is 10. The molecule has 2 aromatic carbocycles. The molecule has 0 spiro atoms. The van der Waals surface area contributed by atoms with Gasteiger partial charge < -0.3 is 43.4 Å². The molecule has 2 fully saturated rings. The number of amides is 2. The van der Waals surface area contributed by atoms with Crippen LogP contribution in [0, 0.1) is 0 Å². The molecule has 318 valence electrons. The molecule has 0 saturated carbocycles. The molecule has 8 rings (SSSR count). The minimum atomic E-state index is -0.588. The van der Waals surface area contributed by atoms with E-state index in [0.717, 1.165) is 51.0 Å². The molecule has 0 aliphatic carbocycles. The highest BCUT2D eigenvalue weighted by Crippen LogP contribution is 2.39. The van der Waals surface area contributed by atoms with Crippen molar-refractivity contribution in [3.8, 4) is 22.8 Å². The van der Waals surface area contributed by atoms with Gasteiger partial charge in [-0.15, -0.1) is 0 Å². The largest absolute Gasteiger partial charge is 0.497 e. The van der Waals surface area contributed by atoms with Gasteiger partial charge in [-0.3, -0.25) is 9.78 Å². The number of hydrogen-bond donors (Lipinski definition) is 0. The average Bonchev–Trinajstić information content (AvgIpc) is 3.73. The molecule has 2 amide bonds. The zero-order chi connectivity index (χ0) is 42.5. The third-order valence-corrected chi connectivity index (χ3v) is 10.9. The minimum Gasteiger partial charge on any atom is -0.497 e. The number of aromatic nitrogens is 5. The van der Waals surface area contributed by atoms with Gasteiger partial charge in [-0.05, 0) is 74.7 Å². The Balaban J connectivity index is 1.06. The Bertz CT molecular complexity index is 2260. The number of hydrogen-bond acceptors (Lipinski definition) is 14. The maximum absolute atomic E-state index is 13.8. The summed E-state index contributed by atoms with van der Waals surface area (Å²) in [5.41, 5.74) is 5.26. The molecule has 0 radical (unpaired) electrons. The Kier molecular flexibility index (Phi) is 12.1. The lowest BCUT2D eigenvalue weighted by atomic mass is 10.1. The Hall–Kier alpha value is -6.55. The molecule has 16 heteroatoms. The van der Waals surface area contributed by atoms with E-state index in [4.69, 9.17) is 38.9 Å². The third kappa shape index (κ3) is 9.59. The fraction of sp³-hybridized carbons (Fsp3) is 0.400. The average molecular weight is 829 g/mol. The molecule has 2 saturated heterocycles. The summed E-state index contributed by atoms with van der Waals surface area (Å²) in [6.07, 6.45) is 5.66. The van der Waals surface area contributed by atoms with Crippen molar-refractivity contribution in [1.29, 1.82) is 0 Å². The first-order chi connectivity index (χ1) is 29.5. The minimum absolute atomic E-state index is 0.187. The van der Waals surface area contributed by atoms with E-state index in [1.54, 1.807) is 30.2 Å². The number of methoxy groups -OCH3 is 2. The van der Waals surface area contributed by atoms with E-state index in [1.807, 2.05) is 93.8 Å². The highest BCUT2D eigenvalue weighted by Gasteiger charge is 2.32. The highest BCUT2D eigenvalue weighted by molar-refractivity contribution is 5.94. The van der Waals surface area contributed by atoms with Crippen molar-refractivity contribution in [3.05, 3.63) is 102 Å². The van der Waals surface area contributed by atoms with Crippen LogP contribution in [0.5, 0.6) is 11.5 Å². The summed E-state index contributed by atoms with van der Waals surface area (Å²) in [7, 11) is 3.32. The number of rotatable bonds is 11. The van der Waals surface area contributed by atoms with Gasteiger partial charge in [-0.25, -0.2) is 19.7 Å². The molecular formula is C45H52N10O6. The molecular weight excluding hydrogens is 777 g/mol. The zero-order valence-electron chi connectivity index (χ0n) is 35.4. The molecule has 0 atom stereocenters. The van der Waals surface area contributed by atoms with Crippen molar-refractivity contribution >= 4 is 35.4 Å². The molecule has 3 aliphatic rings. The Labute approximate surface area is 356 Å². The standard InChI is InChI=1S/C45H52N10O6/c1-45(2,3)61-44(57)53-20-18-51(19-21-53)41(56)38-26-34(14-16-46-38)55-17-15-37-39(49-43(50-40(37)55)52-22-24-60-25-23-52)33-27-47-42(48-28-33)54(29-31-6-10-35(58-4)11-7-31)30-32-8-12-36(59-5)13-9-32/h6-14,16,26-28H,15,17-25,29-30H2,1-5H3. The SMILES string of the molecule is COc1ccc(CN(Cc2ccc(OC)cc2)c2ncc(-c3nc(N4CCOCC4)nc4c3CCN4c3ccnc(C(=O)N4CCN(C(=O)OC(C)(C)C)CC4)c3)cn2)cc1. The first kappa shape index (κ1) is 41.2. The first-order valence-electron chi connectivity index (χ1n) is 20.6. The second-order valence-corrected chi connectivity index (χ2v) is 16.2. The topological polar surface area (TPSA) is 152 Å². The third-order valence-electron chi connectivity index (χ3n) is 10.9. The summed E-state index contributed by atoms with van der Waals surface area (Å²) in [6, 6.07) is 19.8. The van der Waals surface area contributed by atoms with E-state index in [-0.39, 0.29) is 12.0 Å². The Morgan fingerprint density at radius 2 is 1.36 bits per heavy atom. The number of piperazine rings is 1. The van der Waals surface area contributed by atoms with Gasteiger partial charge in [0.05, 0.1) is 33.1 Å². The second kappa shape index (κ2) is 18.0. The Morgan fingerprint density at radius 3 is 1.95 bits per heavy atom. The second-order valence-electron chi connectivity index (χ2n) is 16.2. The van der Waals surface area contributed by atoms with Crippen LogP contribution in [0.4, 0.5) is 28.2 Å². The van der Waals surface area contributed by atoms with E-state index in [2.05, 4.69) is 19.7 Å². The van der Waals surface area contributed by atoms with Gasteiger partial charge in [0.2, 0.25) is 11.9 Å². The predicted molar refractivity (Wildman–Crippen MR) is 231 cm³/mol. The summed E-state index contributed by atoms with van der Waals surface area (Å²) in [4.78, 5) is 60.9. The van der Waals surface area contributed by atoms with Gasteiger partial charge >= 0.3 is 6.09 Å². The molecule has 61 heavy (non-hydrogen) atoms. The number of pyridine rings is 1. The lowest BCUT2D eigenvalue weighted by molar-refractivity contribution is 0.0140. The van der Waals surface area contributed by atoms with E-state index < -0.39 is 5.60 Å². The monoisotopic (exact) mass is 828 g/mol. The van der Waals surface area contributed by atoms with Crippen molar-refractivity contribution < 1.29 is 28.5 Å². The first-order valence-corrected chi connectivity index (χ1v) is 20.6. The molecule has 16 nitrogen and oxygen atoms in total. The van der Waals surface area contributed by atoms with Crippen LogP contribution < -0.4 is 24.2 Å². The highest BCUT2D eigenvalue weighted by atomic mass is 16.6. The number of morpholine rings is 1. The van der Waals surface area contributed by atoms with Gasteiger partial charge in [0, 0.05) is 94.3 Å². The van der Waals surface area contributed by atoms with Crippen LogP contribution in [0.15, 0.2) is 79.3 Å². The number of carbonyl (C=O) groups is 2. The van der Waals surface area contributed by atoms with Crippen molar-refractivity contribution in [3.63, 3.8) is 0 Å². The maximum atomic E-state index is 13.8. The number of benzene rings is 2. The molecule has 6 heterocycles. The maximum Gasteiger partial charge on any atom is 0.410 e. The fourth-order valence-electron chi connectivity index (χ4n) is 7.63. The molecule has 0 N–H and O–H groups in total. The number of ether oxygens (including phenoxy) is 4. The van der Waals surface area contributed by atoms with Crippen LogP contribution in [0.25, 0.3) is 11.3 Å². The van der Waals surface area contributed by atoms with Crippen molar-refractivity contribution in [2.45, 2.75) is 45.9 Å². The smallest absolute Gasteiger partial charge is 0.410 e. The van der Waals surface area contributed by atoms with Gasteiger partial charge in [0.1, 0.15) is 28.6 Å². The molecule has 5 aromatic rings. The van der Waals surface area contributed by atoms with E-state index in [9.17, 15) is 9.59 Å². The van der Waals surface area contributed by atoms with Gasteiger partial charge in [0.15, 0.2) is 0 Å². The summed E-state index contributed by atoms with van der Waals surface area (Å²) in [5.74, 6) is 3.35. The summed E-state index contributed by atoms with van der Waals surface area (Å²) in [5, 5.41) is 0. The summed E-state index contributed by atoms with van der Waals surface area (Å²) >= 11 is 0. The summed E-state index contributed by atoms with van der Waals surface area (Å²) < 4.78 is 22.0. The molecule has 3 aliphatic heterocycles. The van der Waals surface area contributed by atoms with Crippen LogP contribution in [0.3, 0.4) is 0 Å². The quantitative estimate of drug-likeness (QED) is 0.158. The van der Waals surface area contributed by atoms with E-state index >= 15 is 0 Å². The Morgan fingerprint density at radius 1 is 0.754 bits per heavy atom. The predicted octanol–water partition coefficient (Wildman–Crippen LogP) is 5.78. The van der Waals surface area contributed by atoms with Crippen LogP contribution in [0.2, 0.25) is 0 Å². The van der Waals surface area contributed by atoms with Crippen LogP contribution in [-0.2, 0) is 29.0 Å². The van der Waals surface area contributed by atoms with Gasteiger partial charge in [0.25, 0.3) is 5.91 Å². The van der Waals surface area contributed by atoms with Crippen LogP contribution in [0.1, 0.15) is 48.0 Å². The van der Waals surface area contributed by atoms with Crippen molar-refractivity contribution in [1.82, 2.24) is 34.7 Å². The molecule has 0 unspecified atom stereocenters. The van der Waals surface area contributed by atoms with Crippen molar-refractivity contribution in [2.75, 3.05) is 87.9 Å². The zero-order valence-corrected chi connectivity index (χ0v) is 35.4. The van der Waals surface area contributed by atoms with Gasteiger partial charge in [-0.1, -0.05) is 24.3 Å². The van der Waals surface area contributed by atoms with Gasteiger partial charge in [-0.2, -0.15) is 4.98 Å². The fourth-order valence-corrected chi connectivity index (χ4v) is 7.63. The molecule has 3 aromatic heterocycles. The number of anilines is 4.